The minimum atomic E-state index is -0.385. The summed E-state index contributed by atoms with van der Waals surface area (Å²) in [7, 11) is 0. The maximum absolute atomic E-state index is 13.3. The third-order valence-electron chi connectivity index (χ3n) is 5.13. The zero-order valence-corrected chi connectivity index (χ0v) is 18.8. The predicted octanol–water partition coefficient (Wildman–Crippen LogP) is 4.60. The maximum atomic E-state index is 13.3. The van der Waals surface area contributed by atoms with Crippen LogP contribution in [0.25, 0.3) is 28.1 Å². The van der Waals surface area contributed by atoms with Gasteiger partial charge in [0.2, 0.25) is 0 Å². The Balaban J connectivity index is 1.61. The number of aromatic nitrogens is 5. The maximum Gasteiger partial charge on any atom is 0.272 e. The zero-order valence-electron chi connectivity index (χ0n) is 18.1. The van der Waals surface area contributed by atoms with Crippen molar-refractivity contribution in [3.05, 3.63) is 101 Å². The first-order chi connectivity index (χ1) is 16.6. The Hall–Kier alpha value is -4.43. The first kappa shape index (κ1) is 21.4. The topological polar surface area (TPSA) is 98.0 Å². The van der Waals surface area contributed by atoms with Gasteiger partial charge in [0.05, 0.1) is 28.6 Å². The normalized spacial score (nSPS) is 11.2. The number of benzene rings is 1. The molecule has 5 aromatic rings. The molecular weight excluding hydrogens is 450 g/mol. The Morgan fingerprint density at radius 3 is 2.68 bits per heavy atom. The van der Waals surface area contributed by atoms with Crippen molar-refractivity contribution in [2.45, 2.75) is 6.92 Å². The van der Waals surface area contributed by atoms with Crippen molar-refractivity contribution in [1.82, 2.24) is 30.2 Å². The molecule has 0 fully saturated rings. The van der Waals surface area contributed by atoms with Crippen molar-refractivity contribution in [1.29, 1.82) is 0 Å². The molecule has 1 aromatic carbocycles. The van der Waals surface area contributed by atoms with Gasteiger partial charge in [0.15, 0.2) is 11.5 Å². The molecule has 0 saturated carbocycles. The van der Waals surface area contributed by atoms with Crippen LogP contribution in [0.1, 0.15) is 21.6 Å². The lowest BCUT2D eigenvalue weighted by Gasteiger charge is -2.08. The lowest BCUT2D eigenvalue weighted by atomic mass is 10.1. The Bertz CT molecular complexity index is 1520. The van der Waals surface area contributed by atoms with Crippen molar-refractivity contribution in [2.24, 2.45) is 5.10 Å². The van der Waals surface area contributed by atoms with Gasteiger partial charge in [-0.2, -0.15) is 14.9 Å². The summed E-state index contributed by atoms with van der Waals surface area (Å²) in [5.74, 6) is 0.218. The molecule has 1 amide bonds. The molecular formula is C25H18ClN7O. The number of nitrogens with zero attached hydrogens (tertiary/aromatic N) is 6. The van der Waals surface area contributed by atoms with E-state index >= 15 is 0 Å². The number of nitrogens with one attached hydrogen (secondary N) is 1. The van der Waals surface area contributed by atoms with Crippen molar-refractivity contribution in [3.63, 3.8) is 0 Å². The minimum Gasteiger partial charge on any atom is -0.267 e. The van der Waals surface area contributed by atoms with E-state index in [1.54, 1.807) is 41.5 Å². The molecule has 0 atom stereocenters. The lowest BCUT2D eigenvalue weighted by molar-refractivity contribution is 0.0956. The Morgan fingerprint density at radius 1 is 1.06 bits per heavy atom. The molecule has 9 heteroatoms. The third kappa shape index (κ3) is 4.26. The molecule has 0 aliphatic rings. The van der Waals surface area contributed by atoms with Crippen LogP contribution in [0, 0.1) is 6.92 Å². The molecule has 166 valence electrons. The standard InChI is InChI=1S/C25H18ClN7O/c1-16-23-20(25(34)31-29-15-17-5-4-6-19(26)13-17)14-21(18-8-11-27-12-9-18)30-24(23)33(32-16)22-7-2-3-10-28-22/h2-15H,1H3,(H,31,34)/b29-15-. The Labute approximate surface area is 200 Å². The minimum absolute atomic E-state index is 0.385. The highest BCUT2D eigenvalue weighted by Crippen LogP contribution is 2.28. The van der Waals surface area contributed by atoms with Gasteiger partial charge < -0.3 is 0 Å². The highest BCUT2D eigenvalue weighted by atomic mass is 35.5. The SMILES string of the molecule is Cc1nn(-c2ccccn2)c2nc(-c3ccncc3)cc(C(=O)N/N=C\c3cccc(Cl)c3)c12. The smallest absolute Gasteiger partial charge is 0.267 e. The predicted molar refractivity (Wildman–Crippen MR) is 131 cm³/mol. The molecule has 8 nitrogen and oxygen atoms in total. The van der Waals surface area contributed by atoms with Crippen LogP contribution in [0.15, 0.2) is 84.4 Å². The van der Waals surface area contributed by atoms with Crippen LogP contribution in [-0.4, -0.2) is 36.9 Å². The largest absolute Gasteiger partial charge is 0.272 e. The zero-order chi connectivity index (χ0) is 23.5. The van der Waals surface area contributed by atoms with Gasteiger partial charge in [-0.1, -0.05) is 29.8 Å². The van der Waals surface area contributed by atoms with Crippen molar-refractivity contribution in [2.75, 3.05) is 0 Å². The molecule has 4 heterocycles. The summed E-state index contributed by atoms with van der Waals surface area (Å²) in [4.78, 5) is 26.5. The molecule has 0 aliphatic carbocycles. The number of aryl methyl sites for hydroxylation is 1. The van der Waals surface area contributed by atoms with Gasteiger partial charge in [-0.05, 0) is 55.0 Å². The van der Waals surface area contributed by atoms with Crippen molar-refractivity contribution >= 4 is 34.8 Å². The molecule has 0 saturated heterocycles. The number of hydrazone groups is 1. The van der Waals surface area contributed by atoms with Crippen LogP contribution >= 0.6 is 11.6 Å². The van der Waals surface area contributed by atoms with E-state index in [0.717, 1.165) is 11.1 Å². The van der Waals surface area contributed by atoms with Crippen LogP contribution < -0.4 is 5.43 Å². The number of carbonyl (C=O) groups is 1. The molecule has 4 aromatic heterocycles. The van der Waals surface area contributed by atoms with Crippen LogP contribution in [0.4, 0.5) is 0 Å². The fraction of sp³-hybridized carbons (Fsp3) is 0.0400. The first-order valence-corrected chi connectivity index (χ1v) is 10.8. The summed E-state index contributed by atoms with van der Waals surface area (Å²) >= 11 is 6.02. The lowest BCUT2D eigenvalue weighted by Crippen LogP contribution is -2.18. The third-order valence-corrected chi connectivity index (χ3v) is 5.36. The molecule has 0 radical (unpaired) electrons. The quantitative estimate of drug-likeness (QED) is 0.301. The number of pyridine rings is 3. The highest BCUT2D eigenvalue weighted by Gasteiger charge is 2.21. The summed E-state index contributed by atoms with van der Waals surface area (Å²) in [6, 6.07) is 18.1. The number of hydrogen-bond donors (Lipinski definition) is 1. The van der Waals surface area contributed by atoms with Gasteiger partial charge in [0.1, 0.15) is 0 Å². The Kier molecular flexibility index (Phi) is 5.80. The van der Waals surface area contributed by atoms with E-state index in [9.17, 15) is 4.79 Å². The molecule has 0 aliphatic heterocycles. The number of hydrogen-bond acceptors (Lipinski definition) is 6. The van der Waals surface area contributed by atoms with E-state index in [-0.39, 0.29) is 5.91 Å². The summed E-state index contributed by atoms with van der Waals surface area (Å²) in [5.41, 5.74) is 6.38. The average molecular weight is 468 g/mol. The monoisotopic (exact) mass is 467 g/mol. The fourth-order valence-electron chi connectivity index (χ4n) is 3.59. The van der Waals surface area contributed by atoms with Gasteiger partial charge in [-0.15, -0.1) is 0 Å². The number of rotatable bonds is 5. The molecule has 34 heavy (non-hydrogen) atoms. The van der Waals surface area contributed by atoms with E-state index in [2.05, 4.69) is 25.6 Å². The number of fused-ring (bicyclic) bond motifs is 1. The van der Waals surface area contributed by atoms with Gasteiger partial charge in [0, 0.05) is 29.2 Å². The van der Waals surface area contributed by atoms with Gasteiger partial charge >= 0.3 is 0 Å². The van der Waals surface area contributed by atoms with Crippen molar-refractivity contribution in [3.8, 4) is 17.1 Å². The summed E-state index contributed by atoms with van der Waals surface area (Å²) in [6.07, 6.45) is 6.58. The average Bonchev–Trinajstić information content (AvgIpc) is 3.21. The van der Waals surface area contributed by atoms with E-state index < -0.39 is 0 Å². The Morgan fingerprint density at radius 2 is 1.91 bits per heavy atom. The second-order valence-electron chi connectivity index (χ2n) is 7.43. The number of halogens is 1. The molecule has 1 N–H and O–H groups in total. The molecule has 0 spiro atoms. The highest BCUT2D eigenvalue weighted by molar-refractivity contribution is 6.30. The second-order valence-corrected chi connectivity index (χ2v) is 7.87. The van der Waals surface area contributed by atoms with Gasteiger partial charge in [0.25, 0.3) is 5.91 Å². The number of amides is 1. The van der Waals surface area contributed by atoms with Gasteiger partial charge in [-0.3, -0.25) is 9.78 Å². The van der Waals surface area contributed by atoms with E-state index in [0.29, 0.717) is 38.8 Å². The van der Waals surface area contributed by atoms with Crippen LogP contribution in [0.2, 0.25) is 5.02 Å². The molecule has 0 bridgehead atoms. The van der Waals surface area contributed by atoms with E-state index in [4.69, 9.17) is 16.6 Å². The first-order valence-electron chi connectivity index (χ1n) is 10.4. The second kappa shape index (κ2) is 9.21. The fourth-order valence-corrected chi connectivity index (χ4v) is 3.79. The summed E-state index contributed by atoms with van der Waals surface area (Å²) in [6.45, 7) is 1.83. The molecule has 0 unspecified atom stereocenters. The van der Waals surface area contributed by atoms with Crippen LogP contribution in [0.3, 0.4) is 0 Å². The van der Waals surface area contributed by atoms with E-state index in [1.165, 1.54) is 6.21 Å². The summed E-state index contributed by atoms with van der Waals surface area (Å²) < 4.78 is 1.64. The number of carbonyl (C=O) groups excluding carboxylic acids is 1. The summed E-state index contributed by atoms with van der Waals surface area (Å²) in [5, 5.41) is 9.94. The van der Waals surface area contributed by atoms with E-state index in [1.807, 2.05) is 49.4 Å². The van der Waals surface area contributed by atoms with Crippen LogP contribution in [0.5, 0.6) is 0 Å². The van der Waals surface area contributed by atoms with Crippen LogP contribution in [-0.2, 0) is 0 Å². The van der Waals surface area contributed by atoms with Crippen molar-refractivity contribution < 1.29 is 4.79 Å². The van der Waals surface area contributed by atoms with Gasteiger partial charge in [-0.25, -0.2) is 15.4 Å². The molecule has 5 rings (SSSR count).